The standard InChI is InChI=1S/C32H34N6O2/c1-23-10-8-15-26-20-28(32(39)33-29(23)26)30(31-34-35-36-38(31)22-27-16-9-19-40-27)37(21-25-13-6-3-7-14-25)18-17-24-11-4-2-5-12-24/h2-8,10-15,20,27,30H,9,16-19,21-22H2,1H3,(H,33,39)/t27-,30+/m0/s1. The quantitative estimate of drug-likeness (QED) is 0.276. The zero-order chi connectivity index (χ0) is 27.3. The third-order valence-electron chi connectivity index (χ3n) is 7.74. The molecule has 0 unspecified atom stereocenters. The van der Waals surface area contributed by atoms with E-state index in [9.17, 15) is 4.79 Å². The molecule has 0 radical (unpaired) electrons. The minimum absolute atomic E-state index is 0.0623. The van der Waals surface area contributed by atoms with Crippen LogP contribution in [0.5, 0.6) is 0 Å². The fourth-order valence-corrected chi connectivity index (χ4v) is 5.66. The summed E-state index contributed by atoms with van der Waals surface area (Å²) >= 11 is 0. The lowest BCUT2D eigenvalue weighted by Gasteiger charge is -2.31. The van der Waals surface area contributed by atoms with Crippen molar-refractivity contribution in [2.45, 2.75) is 51.4 Å². The van der Waals surface area contributed by atoms with Gasteiger partial charge in [-0.25, -0.2) is 4.68 Å². The fraction of sp³-hybridized carbons (Fsp3) is 0.312. The number of para-hydroxylation sites is 1. The number of hydrogen-bond donors (Lipinski definition) is 1. The summed E-state index contributed by atoms with van der Waals surface area (Å²) in [6, 6.07) is 28.4. The van der Waals surface area contributed by atoms with Crippen LogP contribution in [0.3, 0.4) is 0 Å². The highest BCUT2D eigenvalue weighted by Gasteiger charge is 2.32. The van der Waals surface area contributed by atoms with Gasteiger partial charge in [0.2, 0.25) is 0 Å². The topological polar surface area (TPSA) is 88.9 Å². The lowest BCUT2D eigenvalue weighted by atomic mass is 10.0. The minimum Gasteiger partial charge on any atom is -0.376 e. The number of nitrogens with one attached hydrogen (secondary N) is 1. The third-order valence-corrected chi connectivity index (χ3v) is 7.74. The molecule has 0 aliphatic carbocycles. The highest BCUT2D eigenvalue weighted by atomic mass is 16.5. The molecule has 204 valence electrons. The fourth-order valence-electron chi connectivity index (χ4n) is 5.66. The molecular formula is C32H34N6O2. The molecule has 0 spiro atoms. The predicted octanol–water partition coefficient (Wildman–Crippen LogP) is 4.84. The van der Waals surface area contributed by atoms with Crippen molar-refractivity contribution >= 4 is 10.9 Å². The molecule has 3 aromatic carbocycles. The number of pyridine rings is 1. The Labute approximate surface area is 233 Å². The lowest BCUT2D eigenvalue weighted by molar-refractivity contribution is 0.0906. The van der Waals surface area contributed by atoms with Gasteiger partial charge in [-0.1, -0.05) is 78.9 Å². The maximum Gasteiger partial charge on any atom is 0.253 e. The van der Waals surface area contributed by atoms with E-state index in [1.807, 2.05) is 60.1 Å². The van der Waals surface area contributed by atoms with Crippen LogP contribution in [-0.2, 0) is 24.2 Å². The molecule has 6 rings (SSSR count). The molecule has 0 bridgehead atoms. The molecule has 5 aromatic rings. The van der Waals surface area contributed by atoms with Crippen LogP contribution < -0.4 is 5.56 Å². The average molecular weight is 535 g/mol. The molecule has 1 fully saturated rings. The van der Waals surface area contributed by atoms with Gasteiger partial charge in [0.1, 0.15) is 6.04 Å². The number of aromatic amines is 1. The van der Waals surface area contributed by atoms with Gasteiger partial charge in [0, 0.05) is 25.3 Å². The van der Waals surface area contributed by atoms with Gasteiger partial charge < -0.3 is 9.72 Å². The van der Waals surface area contributed by atoms with Crippen LogP contribution >= 0.6 is 0 Å². The minimum atomic E-state index is -0.464. The normalized spacial score (nSPS) is 16.1. The number of rotatable bonds is 10. The van der Waals surface area contributed by atoms with Gasteiger partial charge in [-0.2, -0.15) is 0 Å². The van der Waals surface area contributed by atoms with Crippen molar-refractivity contribution < 1.29 is 4.74 Å². The average Bonchev–Trinajstić information content (AvgIpc) is 3.67. The van der Waals surface area contributed by atoms with Gasteiger partial charge in [0.05, 0.1) is 18.2 Å². The van der Waals surface area contributed by atoms with Crippen molar-refractivity contribution in [3.63, 3.8) is 0 Å². The molecule has 0 saturated carbocycles. The highest BCUT2D eigenvalue weighted by Crippen LogP contribution is 2.30. The van der Waals surface area contributed by atoms with Crippen LogP contribution in [0.4, 0.5) is 0 Å². The van der Waals surface area contributed by atoms with E-state index in [1.165, 1.54) is 5.56 Å². The molecule has 8 heteroatoms. The Kier molecular flexibility index (Phi) is 7.79. The van der Waals surface area contributed by atoms with E-state index >= 15 is 0 Å². The van der Waals surface area contributed by atoms with E-state index < -0.39 is 6.04 Å². The molecule has 1 saturated heterocycles. The summed E-state index contributed by atoms with van der Waals surface area (Å²) in [5.41, 5.74) is 4.79. The van der Waals surface area contributed by atoms with Crippen LogP contribution in [0.25, 0.3) is 10.9 Å². The van der Waals surface area contributed by atoms with Gasteiger partial charge in [-0.05, 0) is 64.8 Å². The van der Waals surface area contributed by atoms with E-state index in [0.29, 0.717) is 31.0 Å². The number of benzene rings is 3. The van der Waals surface area contributed by atoms with E-state index in [-0.39, 0.29) is 11.7 Å². The van der Waals surface area contributed by atoms with Crippen LogP contribution in [0.1, 0.15) is 47.0 Å². The maximum atomic E-state index is 13.8. The Morgan fingerprint density at radius 3 is 2.55 bits per heavy atom. The van der Waals surface area contributed by atoms with Crippen molar-refractivity contribution in [2.75, 3.05) is 13.2 Å². The first-order valence-corrected chi connectivity index (χ1v) is 14.0. The summed E-state index contributed by atoms with van der Waals surface area (Å²) in [6.07, 6.45) is 2.89. The summed E-state index contributed by atoms with van der Waals surface area (Å²) in [6.45, 7) is 4.67. The number of fused-ring (bicyclic) bond motifs is 1. The van der Waals surface area contributed by atoms with E-state index in [4.69, 9.17) is 4.74 Å². The Hall–Kier alpha value is -4.14. The number of hydrogen-bond acceptors (Lipinski definition) is 6. The largest absolute Gasteiger partial charge is 0.376 e. The summed E-state index contributed by atoms with van der Waals surface area (Å²) < 4.78 is 7.76. The number of nitrogens with zero attached hydrogens (tertiary/aromatic N) is 5. The van der Waals surface area contributed by atoms with E-state index in [1.54, 1.807) is 0 Å². The molecule has 8 nitrogen and oxygen atoms in total. The number of aromatic nitrogens is 5. The molecular weight excluding hydrogens is 500 g/mol. The van der Waals surface area contributed by atoms with E-state index in [0.717, 1.165) is 47.9 Å². The van der Waals surface area contributed by atoms with Gasteiger partial charge in [-0.15, -0.1) is 5.10 Å². The number of ether oxygens (including phenoxy) is 1. The number of aryl methyl sites for hydroxylation is 1. The van der Waals surface area contributed by atoms with Crippen LogP contribution in [-0.4, -0.2) is 49.3 Å². The molecule has 1 aliphatic heterocycles. The highest BCUT2D eigenvalue weighted by molar-refractivity contribution is 5.82. The second-order valence-electron chi connectivity index (χ2n) is 10.5. The first-order valence-electron chi connectivity index (χ1n) is 14.0. The van der Waals surface area contributed by atoms with Crippen LogP contribution in [0, 0.1) is 6.92 Å². The summed E-state index contributed by atoms with van der Waals surface area (Å²) in [7, 11) is 0. The number of H-pyrrole nitrogens is 1. The van der Waals surface area contributed by atoms with Crippen molar-refractivity contribution in [1.82, 2.24) is 30.1 Å². The maximum absolute atomic E-state index is 13.8. The first kappa shape index (κ1) is 26.1. The third kappa shape index (κ3) is 5.73. The molecule has 2 aromatic heterocycles. The smallest absolute Gasteiger partial charge is 0.253 e. The second kappa shape index (κ2) is 11.9. The van der Waals surface area contributed by atoms with Gasteiger partial charge in [0.25, 0.3) is 5.56 Å². The molecule has 2 atom stereocenters. The van der Waals surface area contributed by atoms with Crippen molar-refractivity contribution in [2.24, 2.45) is 0 Å². The zero-order valence-electron chi connectivity index (χ0n) is 22.7. The second-order valence-corrected chi connectivity index (χ2v) is 10.5. The molecule has 1 N–H and O–H groups in total. The summed E-state index contributed by atoms with van der Waals surface area (Å²) in [4.78, 5) is 19.3. The van der Waals surface area contributed by atoms with Crippen molar-refractivity contribution in [3.8, 4) is 0 Å². The van der Waals surface area contributed by atoms with Crippen molar-refractivity contribution in [1.29, 1.82) is 0 Å². The van der Waals surface area contributed by atoms with Gasteiger partial charge >= 0.3 is 0 Å². The number of tetrazole rings is 1. The Balaban J connectivity index is 1.47. The lowest BCUT2D eigenvalue weighted by Crippen LogP contribution is -2.37. The Morgan fingerprint density at radius 1 is 1.02 bits per heavy atom. The van der Waals surface area contributed by atoms with Crippen molar-refractivity contribution in [3.05, 3.63) is 123 Å². The molecule has 40 heavy (non-hydrogen) atoms. The van der Waals surface area contributed by atoms with Crippen LogP contribution in [0.15, 0.2) is 89.7 Å². The Morgan fingerprint density at radius 2 is 1.80 bits per heavy atom. The van der Waals surface area contributed by atoms with Crippen LogP contribution in [0.2, 0.25) is 0 Å². The van der Waals surface area contributed by atoms with Gasteiger partial charge in [-0.3, -0.25) is 9.69 Å². The Bertz CT molecular complexity index is 1610. The summed E-state index contributed by atoms with van der Waals surface area (Å²) in [5.74, 6) is 0.650. The first-order chi connectivity index (χ1) is 19.7. The molecule has 1 aliphatic rings. The van der Waals surface area contributed by atoms with E-state index in [2.05, 4.69) is 61.8 Å². The zero-order valence-corrected chi connectivity index (χ0v) is 22.7. The SMILES string of the molecule is Cc1cccc2cc([C@H](c3nnnn3C[C@@H]3CCCO3)N(CCc3ccccc3)Cc3ccccc3)c(=O)[nH]c12. The summed E-state index contributed by atoms with van der Waals surface area (Å²) in [5, 5.41) is 14.0. The molecule has 3 heterocycles. The molecule has 0 amide bonds. The monoisotopic (exact) mass is 534 g/mol. The van der Waals surface area contributed by atoms with Gasteiger partial charge in [0.15, 0.2) is 5.82 Å². The predicted molar refractivity (Wildman–Crippen MR) is 155 cm³/mol.